The fraction of sp³-hybridized carbons (Fsp3) is 0.267. The molecular weight excluding hydrogens is 300 g/mol. The first kappa shape index (κ1) is 16.2. The zero-order valence-electron chi connectivity index (χ0n) is 12.6. The van der Waals surface area contributed by atoms with E-state index in [1.807, 2.05) is 6.07 Å². The molecule has 2 aromatic rings. The maximum atomic E-state index is 12.1. The Hall–Kier alpha value is -3.21. The van der Waals surface area contributed by atoms with E-state index in [-0.39, 0.29) is 11.4 Å². The topological polar surface area (TPSA) is 134 Å². The van der Waals surface area contributed by atoms with Crippen molar-refractivity contribution >= 4 is 11.8 Å². The molecule has 1 heterocycles. The normalized spacial score (nSPS) is 12.9. The SMILES string of the molecule is COC(=O)C(C#N)C(c1ccc(OC)cc1)c1c(N)[nH][nH]c1=O. The summed E-state index contributed by atoms with van der Waals surface area (Å²) in [6, 6.07) is 8.58. The number of aromatic nitrogens is 2. The lowest BCUT2D eigenvalue weighted by atomic mass is 9.82. The Labute approximate surface area is 131 Å². The average Bonchev–Trinajstić information content (AvgIpc) is 2.91. The van der Waals surface area contributed by atoms with Crippen LogP contribution in [0, 0.1) is 17.2 Å². The van der Waals surface area contributed by atoms with Crippen molar-refractivity contribution in [3.63, 3.8) is 0 Å². The second-order valence-electron chi connectivity index (χ2n) is 4.79. The predicted molar refractivity (Wildman–Crippen MR) is 81.8 cm³/mol. The highest BCUT2D eigenvalue weighted by atomic mass is 16.5. The Morgan fingerprint density at radius 2 is 1.91 bits per heavy atom. The summed E-state index contributed by atoms with van der Waals surface area (Å²) in [7, 11) is 2.70. The van der Waals surface area contributed by atoms with Crippen molar-refractivity contribution in [2.75, 3.05) is 20.0 Å². The fourth-order valence-electron chi connectivity index (χ4n) is 2.42. The number of nitrogen functional groups attached to an aromatic ring is 1. The number of carbonyl (C=O) groups excluding carboxylic acids is 1. The number of carbonyl (C=O) groups is 1. The van der Waals surface area contributed by atoms with Gasteiger partial charge in [-0.05, 0) is 17.7 Å². The number of nitrogens with one attached hydrogen (secondary N) is 2. The van der Waals surface area contributed by atoms with Crippen molar-refractivity contribution < 1.29 is 14.3 Å². The van der Waals surface area contributed by atoms with E-state index in [4.69, 9.17) is 10.5 Å². The van der Waals surface area contributed by atoms with Crippen LogP contribution in [0.5, 0.6) is 5.75 Å². The van der Waals surface area contributed by atoms with Crippen molar-refractivity contribution in [2.24, 2.45) is 5.92 Å². The minimum atomic E-state index is -1.22. The second kappa shape index (κ2) is 6.70. The summed E-state index contributed by atoms with van der Waals surface area (Å²) in [5.74, 6) is -2.15. The molecule has 0 saturated carbocycles. The van der Waals surface area contributed by atoms with Crippen molar-refractivity contribution in [2.45, 2.75) is 5.92 Å². The van der Waals surface area contributed by atoms with Crippen molar-refractivity contribution in [3.8, 4) is 11.8 Å². The van der Waals surface area contributed by atoms with Gasteiger partial charge in [-0.1, -0.05) is 12.1 Å². The molecule has 2 rings (SSSR count). The van der Waals surface area contributed by atoms with Gasteiger partial charge in [0.15, 0.2) is 5.92 Å². The van der Waals surface area contributed by atoms with E-state index in [2.05, 4.69) is 14.9 Å². The van der Waals surface area contributed by atoms with Crippen LogP contribution in [0.15, 0.2) is 29.1 Å². The minimum Gasteiger partial charge on any atom is -0.497 e. The van der Waals surface area contributed by atoms with Crippen LogP contribution in [0.3, 0.4) is 0 Å². The number of methoxy groups -OCH3 is 2. The smallest absolute Gasteiger partial charge is 0.324 e. The van der Waals surface area contributed by atoms with E-state index in [1.165, 1.54) is 14.2 Å². The lowest BCUT2D eigenvalue weighted by Gasteiger charge is -2.20. The second-order valence-corrected chi connectivity index (χ2v) is 4.79. The number of benzene rings is 1. The Morgan fingerprint density at radius 3 is 2.35 bits per heavy atom. The maximum Gasteiger partial charge on any atom is 0.324 e. The van der Waals surface area contributed by atoms with Crippen LogP contribution < -0.4 is 16.0 Å². The maximum absolute atomic E-state index is 12.1. The molecule has 0 saturated heterocycles. The van der Waals surface area contributed by atoms with Gasteiger partial charge in [-0.15, -0.1) is 0 Å². The van der Waals surface area contributed by atoms with Gasteiger partial charge in [-0.25, -0.2) is 0 Å². The first-order valence-electron chi connectivity index (χ1n) is 6.70. The molecule has 0 aliphatic heterocycles. The van der Waals surface area contributed by atoms with Gasteiger partial charge in [0.25, 0.3) is 5.56 Å². The molecule has 0 radical (unpaired) electrons. The zero-order chi connectivity index (χ0) is 17.0. The fourth-order valence-corrected chi connectivity index (χ4v) is 2.42. The molecule has 4 N–H and O–H groups in total. The number of H-pyrrole nitrogens is 2. The molecule has 0 fully saturated rings. The van der Waals surface area contributed by atoms with E-state index in [9.17, 15) is 14.9 Å². The Morgan fingerprint density at radius 1 is 1.26 bits per heavy atom. The highest BCUT2D eigenvalue weighted by Crippen LogP contribution is 2.34. The molecule has 0 amide bonds. The van der Waals surface area contributed by atoms with Crippen LogP contribution in [-0.2, 0) is 9.53 Å². The summed E-state index contributed by atoms with van der Waals surface area (Å²) in [4.78, 5) is 24.0. The number of nitrogens with two attached hydrogens (primary N) is 1. The van der Waals surface area contributed by atoms with E-state index in [0.29, 0.717) is 11.3 Å². The zero-order valence-corrected chi connectivity index (χ0v) is 12.6. The molecule has 120 valence electrons. The number of esters is 1. The van der Waals surface area contributed by atoms with E-state index in [0.717, 1.165) is 0 Å². The van der Waals surface area contributed by atoms with Gasteiger partial charge < -0.3 is 15.2 Å². The van der Waals surface area contributed by atoms with Gasteiger partial charge in [0.2, 0.25) is 0 Å². The molecule has 8 nitrogen and oxygen atoms in total. The molecule has 23 heavy (non-hydrogen) atoms. The first-order valence-corrected chi connectivity index (χ1v) is 6.70. The van der Waals surface area contributed by atoms with Crippen LogP contribution >= 0.6 is 0 Å². The summed E-state index contributed by atoms with van der Waals surface area (Å²) < 4.78 is 9.77. The standard InChI is InChI=1S/C15H16N4O4/c1-22-9-5-3-8(4-6-9)11(10(7-16)15(21)23-2)12-13(17)18-19-14(12)20/h3-6,10-11H,1-2H3,(H4,17,18,19,20). The largest absolute Gasteiger partial charge is 0.497 e. The van der Waals surface area contributed by atoms with Crippen molar-refractivity contribution in [1.29, 1.82) is 5.26 Å². The molecule has 0 spiro atoms. The number of nitriles is 1. The average molecular weight is 316 g/mol. The highest BCUT2D eigenvalue weighted by Gasteiger charge is 2.35. The quantitative estimate of drug-likeness (QED) is 0.696. The molecule has 0 aliphatic carbocycles. The van der Waals surface area contributed by atoms with Crippen LogP contribution in [-0.4, -0.2) is 30.4 Å². The summed E-state index contributed by atoms with van der Waals surface area (Å²) >= 11 is 0. The van der Waals surface area contributed by atoms with Gasteiger partial charge in [0, 0.05) is 5.92 Å². The molecule has 8 heteroatoms. The third kappa shape index (κ3) is 3.03. The lowest BCUT2D eigenvalue weighted by molar-refractivity contribution is -0.143. The summed E-state index contributed by atoms with van der Waals surface area (Å²) in [6.45, 7) is 0. The Bertz CT molecular complexity index is 785. The predicted octanol–water partition coefficient (Wildman–Crippen LogP) is 0.738. The van der Waals surface area contributed by atoms with Crippen molar-refractivity contribution in [3.05, 3.63) is 45.7 Å². The summed E-state index contributed by atoms with van der Waals surface area (Å²) in [6.07, 6.45) is 0. The van der Waals surface area contributed by atoms with Crippen LogP contribution in [0.4, 0.5) is 5.82 Å². The number of rotatable bonds is 5. The number of anilines is 1. The molecule has 1 aromatic carbocycles. The van der Waals surface area contributed by atoms with E-state index < -0.39 is 23.4 Å². The van der Waals surface area contributed by atoms with E-state index >= 15 is 0 Å². The van der Waals surface area contributed by atoms with Crippen LogP contribution in [0.25, 0.3) is 0 Å². The van der Waals surface area contributed by atoms with Gasteiger partial charge in [-0.2, -0.15) is 5.26 Å². The molecular formula is C15H16N4O4. The molecule has 2 unspecified atom stereocenters. The third-order valence-electron chi connectivity index (χ3n) is 3.56. The van der Waals surface area contributed by atoms with Crippen LogP contribution in [0.1, 0.15) is 17.0 Å². The number of hydrogen-bond donors (Lipinski definition) is 3. The van der Waals surface area contributed by atoms with Gasteiger partial charge in [0.05, 0.1) is 25.9 Å². The first-order chi connectivity index (χ1) is 11.0. The summed E-state index contributed by atoms with van der Waals surface area (Å²) in [5, 5.41) is 14.3. The molecule has 0 aliphatic rings. The highest BCUT2D eigenvalue weighted by molar-refractivity contribution is 5.78. The monoisotopic (exact) mass is 316 g/mol. The van der Waals surface area contributed by atoms with Gasteiger partial charge in [0.1, 0.15) is 11.6 Å². The Balaban J connectivity index is 2.62. The Kier molecular flexibility index (Phi) is 4.71. The van der Waals surface area contributed by atoms with Crippen LogP contribution in [0.2, 0.25) is 0 Å². The van der Waals surface area contributed by atoms with Crippen molar-refractivity contribution in [1.82, 2.24) is 10.2 Å². The van der Waals surface area contributed by atoms with Gasteiger partial charge >= 0.3 is 5.97 Å². The number of nitrogens with zero attached hydrogens (tertiary/aromatic N) is 1. The molecule has 1 aromatic heterocycles. The number of ether oxygens (including phenoxy) is 2. The molecule has 0 bridgehead atoms. The number of hydrogen-bond acceptors (Lipinski definition) is 6. The minimum absolute atomic E-state index is 0.0694. The van der Waals surface area contributed by atoms with E-state index in [1.54, 1.807) is 24.3 Å². The third-order valence-corrected chi connectivity index (χ3v) is 3.56. The number of aromatic amines is 2. The summed E-state index contributed by atoms with van der Waals surface area (Å²) in [5.41, 5.74) is 5.99. The van der Waals surface area contributed by atoms with Gasteiger partial charge in [-0.3, -0.25) is 19.8 Å². The lowest BCUT2D eigenvalue weighted by Crippen LogP contribution is -2.27. The molecule has 2 atom stereocenters.